The Bertz CT molecular complexity index is 6160. The molecule has 0 spiro atoms. The highest BCUT2D eigenvalue weighted by atomic mass is 32.1. The van der Waals surface area contributed by atoms with Crippen LogP contribution in [0.25, 0.3) is 162 Å². The fourth-order valence-electron chi connectivity index (χ4n) is 15.5. The van der Waals surface area contributed by atoms with E-state index in [1.54, 1.807) is 22.7 Å². The molecule has 0 bridgehead atoms. The zero-order valence-corrected chi connectivity index (χ0v) is 49.6. The fraction of sp³-hybridized carbons (Fsp3) is 0. The molecule has 0 aliphatic heterocycles. The Kier molecular flexibility index (Phi) is 9.78. The second-order valence-corrected chi connectivity index (χ2v) is 25.8. The van der Waals surface area contributed by atoms with Gasteiger partial charge >= 0.3 is 0 Å². The van der Waals surface area contributed by atoms with Crippen LogP contribution in [0.4, 0.5) is 34.1 Å². The molecule has 0 unspecified atom stereocenters. The van der Waals surface area contributed by atoms with Crippen LogP contribution in [0, 0.1) is 0 Å². The number of aromatic nitrogens is 2. The number of anilines is 6. The third-order valence-corrected chi connectivity index (χ3v) is 21.0. The second-order valence-electron chi connectivity index (χ2n) is 23.9. The Balaban J connectivity index is 0.852. The van der Waals surface area contributed by atoms with Gasteiger partial charge in [-0.2, -0.15) is 0 Å². The van der Waals surface area contributed by atoms with Gasteiger partial charge < -0.3 is 27.4 Å². The van der Waals surface area contributed by atoms with Crippen LogP contribution in [0.5, 0.6) is 0 Å². The molecule has 90 heavy (non-hydrogen) atoms. The van der Waals surface area contributed by atoms with Crippen LogP contribution in [0.2, 0.25) is 0 Å². The molecule has 8 aromatic heterocycles. The summed E-state index contributed by atoms with van der Waals surface area (Å²) in [7, 11) is 0. The summed E-state index contributed by atoms with van der Waals surface area (Å²) in [6.07, 6.45) is 0. The van der Waals surface area contributed by atoms with Crippen molar-refractivity contribution in [2.45, 2.75) is 0 Å². The van der Waals surface area contributed by atoms with Crippen LogP contribution in [0.3, 0.4) is 0 Å². The number of rotatable bonds is 8. The minimum Gasteiger partial charge on any atom is -0.454 e. The molecule has 0 N–H and O–H groups in total. The van der Waals surface area contributed by atoms with Crippen LogP contribution in [0.1, 0.15) is 0 Å². The molecule has 21 rings (SSSR count). The molecule has 6 nitrogen and oxygen atoms in total. The monoisotopic (exact) mass is 1180 g/mol. The lowest BCUT2D eigenvalue weighted by molar-refractivity contribution is 0.669. The molecule has 21 aromatic rings. The Hall–Kier alpha value is -11.4. The molecule has 0 saturated carbocycles. The van der Waals surface area contributed by atoms with E-state index in [1.807, 2.05) is 0 Å². The molecule has 8 heteroatoms. The molecule has 0 amide bonds. The average Bonchev–Trinajstić information content (AvgIpc) is 1.51. The number of para-hydroxylation sites is 6. The summed E-state index contributed by atoms with van der Waals surface area (Å²) in [5.41, 5.74) is 21.4. The van der Waals surface area contributed by atoms with Gasteiger partial charge in [-0.05, 0) is 130 Å². The summed E-state index contributed by atoms with van der Waals surface area (Å²) in [6, 6.07) is 98.4. The average molecular weight is 1180 g/mol. The Labute approximate surface area is 521 Å². The third-order valence-electron chi connectivity index (χ3n) is 19.3. The summed E-state index contributed by atoms with van der Waals surface area (Å²) < 4.78 is 21.6. The molecule has 418 valence electrons. The fourth-order valence-corrected chi connectivity index (χ4v) is 17.1. The molecule has 8 heterocycles. The smallest absolute Gasteiger partial charge is 0.159 e. The van der Waals surface area contributed by atoms with E-state index in [0.717, 1.165) is 111 Å². The molecule has 0 aliphatic rings. The first-order chi connectivity index (χ1) is 44.7. The van der Waals surface area contributed by atoms with Crippen molar-refractivity contribution in [1.29, 1.82) is 0 Å². The van der Waals surface area contributed by atoms with Crippen LogP contribution < -0.4 is 9.80 Å². The maximum atomic E-state index is 7.01. The first kappa shape index (κ1) is 48.7. The summed E-state index contributed by atoms with van der Waals surface area (Å²) >= 11 is 3.56. The molecule has 0 aliphatic carbocycles. The van der Waals surface area contributed by atoms with Gasteiger partial charge in [0.2, 0.25) is 0 Å². The number of nitrogens with zero attached hydrogens (tertiary/aromatic N) is 4. The van der Waals surface area contributed by atoms with E-state index < -0.39 is 0 Å². The van der Waals surface area contributed by atoms with Crippen molar-refractivity contribution >= 4 is 197 Å². The van der Waals surface area contributed by atoms with Crippen molar-refractivity contribution in [3.63, 3.8) is 0 Å². The van der Waals surface area contributed by atoms with Gasteiger partial charge in [0.15, 0.2) is 11.2 Å². The van der Waals surface area contributed by atoms with E-state index >= 15 is 0 Å². The highest BCUT2D eigenvalue weighted by Crippen LogP contribution is 2.56. The normalized spacial score (nSPS) is 12.4. The molecular formula is C82H46N4O2S2. The van der Waals surface area contributed by atoms with Crippen LogP contribution in [-0.2, 0) is 0 Å². The van der Waals surface area contributed by atoms with E-state index in [1.165, 1.54) is 85.3 Å². The van der Waals surface area contributed by atoms with Gasteiger partial charge in [-0.3, -0.25) is 0 Å². The topological polar surface area (TPSA) is 41.6 Å². The van der Waals surface area contributed by atoms with E-state index in [9.17, 15) is 0 Å². The largest absolute Gasteiger partial charge is 0.454 e. The first-order valence-corrected chi connectivity index (χ1v) is 32.3. The van der Waals surface area contributed by atoms with Crippen LogP contribution >= 0.6 is 22.7 Å². The molecule has 0 saturated heterocycles. The number of hydrogen-bond donors (Lipinski definition) is 0. The molecular weight excluding hydrogens is 1140 g/mol. The van der Waals surface area contributed by atoms with E-state index in [0.29, 0.717) is 0 Å². The summed E-state index contributed by atoms with van der Waals surface area (Å²) in [4.78, 5) is 5.00. The first-order valence-electron chi connectivity index (χ1n) is 30.5. The Morgan fingerprint density at radius 3 is 1.16 bits per heavy atom. The van der Waals surface area contributed by atoms with E-state index in [2.05, 4.69) is 296 Å². The van der Waals surface area contributed by atoms with Gasteiger partial charge in [-0.1, -0.05) is 170 Å². The highest BCUT2D eigenvalue weighted by molar-refractivity contribution is 7.17. The zero-order valence-electron chi connectivity index (χ0n) is 48.0. The van der Waals surface area contributed by atoms with Crippen molar-refractivity contribution in [2.75, 3.05) is 9.80 Å². The second kappa shape index (κ2) is 18.1. The minimum absolute atomic E-state index is 0.849. The predicted molar refractivity (Wildman–Crippen MR) is 381 cm³/mol. The highest BCUT2D eigenvalue weighted by Gasteiger charge is 2.32. The molecule has 0 atom stereocenters. The maximum Gasteiger partial charge on any atom is 0.159 e. The van der Waals surface area contributed by atoms with E-state index in [4.69, 9.17) is 8.83 Å². The molecule has 0 fully saturated rings. The van der Waals surface area contributed by atoms with Gasteiger partial charge in [0, 0.05) is 85.2 Å². The number of benzene rings is 13. The van der Waals surface area contributed by atoms with Gasteiger partial charge in [0.05, 0.1) is 67.2 Å². The van der Waals surface area contributed by atoms with Crippen molar-refractivity contribution in [1.82, 2.24) is 8.80 Å². The van der Waals surface area contributed by atoms with Gasteiger partial charge in [0.25, 0.3) is 0 Å². The van der Waals surface area contributed by atoms with Crippen LogP contribution in [0.15, 0.2) is 287 Å². The SMILES string of the molecule is c1ccc(-c2cc3ccsc3cc2N(c2cccc3c2oc2ccccc23)c2ccc3c4cc5c(cc4n4c6ccccc6c2c34)c2ccc(N(c3cc4sccc4cc3-c3ccccc3)c3cccc4c3oc3ccccc34)c3c4ccccc4n5c23)cc1. The number of fused-ring (bicyclic) bond motifs is 20. The van der Waals surface area contributed by atoms with Gasteiger partial charge in [-0.15, -0.1) is 22.7 Å². The third kappa shape index (κ3) is 6.54. The lowest BCUT2D eigenvalue weighted by Gasteiger charge is -2.29. The minimum atomic E-state index is 0.849. The van der Waals surface area contributed by atoms with Crippen LogP contribution in [-0.4, -0.2) is 8.80 Å². The number of hydrogen-bond acceptors (Lipinski definition) is 6. The zero-order chi connectivity index (χ0) is 58.4. The molecule has 0 radical (unpaired) electrons. The van der Waals surface area contributed by atoms with Crippen molar-refractivity contribution < 1.29 is 8.83 Å². The number of thiophene rings is 2. The maximum absolute atomic E-state index is 7.01. The number of furan rings is 2. The summed E-state index contributed by atoms with van der Waals surface area (Å²) in [5.74, 6) is 0. The van der Waals surface area contributed by atoms with Crippen molar-refractivity contribution in [3.05, 3.63) is 278 Å². The standard InChI is InChI=1S/C82H46N4O2S2/c1-3-17-47(18-4-1)59-41-49-37-39-89-75(49)45-71(59)83(67-29-15-25-55-51-21-9-13-31-73(51)87-81(55)67)65-35-33-53-61-43-70-62(44-69(61)85-63-27-11-7-23-57(63)77(65)79(53)85)54-34-36-66(78-58-24-8-12-28-64(58)86(70)80(54)78)84(68-30-16-26-56-52-22-10-14-32-74(52)88-82(56)68)72-46-76-50(38-40-90-76)42-60(72)48-19-5-2-6-20-48/h1-46H. The summed E-state index contributed by atoms with van der Waals surface area (Å²) in [6.45, 7) is 0. The Morgan fingerprint density at radius 1 is 0.278 bits per heavy atom. The van der Waals surface area contributed by atoms with Gasteiger partial charge in [-0.25, -0.2) is 0 Å². The lowest BCUT2D eigenvalue weighted by Crippen LogP contribution is -2.12. The quantitative estimate of drug-likeness (QED) is 0.152. The summed E-state index contributed by atoms with van der Waals surface area (Å²) in [5, 5.41) is 20.8. The van der Waals surface area contributed by atoms with E-state index in [-0.39, 0.29) is 0 Å². The lowest BCUT2D eigenvalue weighted by atomic mass is 9.98. The van der Waals surface area contributed by atoms with Gasteiger partial charge in [0.1, 0.15) is 11.2 Å². The molecule has 13 aromatic carbocycles. The van der Waals surface area contributed by atoms with Crippen molar-refractivity contribution in [3.8, 4) is 22.3 Å². The Morgan fingerprint density at radius 2 is 0.689 bits per heavy atom. The van der Waals surface area contributed by atoms with Crippen molar-refractivity contribution in [2.24, 2.45) is 0 Å². The predicted octanol–water partition coefficient (Wildman–Crippen LogP) is 24.5.